The number of hydrogen-bond donors (Lipinski definition) is 0. The van der Waals surface area contributed by atoms with Crippen molar-refractivity contribution in [2.24, 2.45) is 0 Å². The smallest absolute Gasteiger partial charge is 0.296 e. The van der Waals surface area contributed by atoms with Crippen LogP contribution < -0.4 is 25.1 Å². The normalized spacial score (nSPS) is 15.6. The Morgan fingerprint density at radius 2 is 1.94 bits per heavy atom. The molecule has 0 unspecified atom stereocenters. The van der Waals surface area contributed by atoms with E-state index in [1.54, 1.807) is 6.08 Å². The van der Waals surface area contributed by atoms with Crippen LogP contribution in [-0.2, 0) is 6.42 Å². The van der Waals surface area contributed by atoms with Crippen molar-refractivity contribution >= 4 is 28.4 Å². The predicted molar refractivity (Wildman–Crippen MR) is 133 cm³/mol. The molecule has 0 spiro atoms. The van der Waals surface area contributed by atoms with Crippen LogP contribution in [0.3, 0.4) is 0 Å². The molecule has 0 radical (unpaired) electrons. The van der Waals surface area contributed by atoms with Gasteiger partial charge in [0.2, 0.25) is 4.96 Å². The molecule has 1 atom stereocenters. The summed E-state index contributed by atoms with van der Waals surface area (Å²) in [5, 5.41) is 4.35. The van der Waals surface area contributed by atoms with E-state index < -0.39 is 5.56 Å². The van der Waals surface area contributed by atoms with Crippen LogP contribution in [0, 0.1) is 0 Å². The standard InChI is InChI=1S/C26H23N3O4S/c1-3-12-32-20-10-8-17(9-11-20)13-21-24(30)27-26-29(28-21)25(31)23(34-26)15-19-14-18-6-4-5-7-22(18)33-16(19)2/h4-11,14-16H,3,12-13H2,1-2H3/b23-15+/t16-/m0/s1. The van der Waals surface area contributed by atoms with Gasteiger partial charge in [0, 0.05) is 12.0 Å². The van der Waals surface area contributed by atoms with E-state index in [9.17, 15) is 9.59 Å². The maximum absolute atomic E-state index is 13.1. The van der Waals surface area contributed by atoms with Crippen molar-refractivity contribution in [1.29, 1.82) is 0 Å². The molecule has 1 aliphatic rings. The maximum Gasteiger partial charge on any atom is 0.296 e. The number of aromatic nitrogens is 3. The summed E-state index contributed by atoms with van der Waals surface area (Å²) in [6, 6.07) is 15.3. The van der Waals surface area contributed by atoms with E-state index in [0.29, 0.717) is 11.1 Å². The lowest BCUT2D eigenvalue weighted by molar-refractivity contribution is 0.259. The van der Waals surface area contributed by atoms with Crippen molar-refractivity contribution in [2.45, 2.75) is 32.8 Å². The first-order chi connectivity index (χ1) is 16.5. The zero-order valence-electron chi connectivity index (χ0n) is 18.9. The number of fused-ring (bicyclic) bond motifs is 2. The summed E-state index contributed by atoms with van der Waals surface area (Å²) in [5.41, 5.74) is 2.21. The minimum Gasteiger partial charge on any atom is -0.494 e. The van der Waals surface area contributed by atoms with Crippen LogP contribution in [0.15, 0.2) is 63.7 Å². The Kier molecular flexibility index (Phi) is 5.98. The quantitative estimate of drug-likeness (QED) is 0.428. The molecule has 0 saturated carbocycles. The highest BCUT2D eigenvalue weighted by molar-refractivity contribution is 7.15. The topological polar surface area (TPSA) is 82.8 Å². The van der Waals surface area contributed by atoms with Gasteiger partial charge in [-0.15, -0.1) is 0 Å². The lowest BCUT2D eigenvalue weighted by Crippen LogP contribution is -2.29. The average molecular weight is 474 g/mol. The van der Waals surface area contributed by atoms with E-state index in [1.165, 1.54) is 4.52 Å². The summed E-state index contributed by atoms with van der Waals surface area (Å²) in [6.07, 6.45) is 4.81. The molecule has 5 rings (SSSR count). The first-order valence-electron chi connectivity index (χ1n) is 11.2. The molecule has 3 heterocycles. The van der Waals surface area contributed by atoms with Crippen molar-refractivity contribution in [3.05, 3.63) is 96.2 Å². The molecule has 0 N–H and O–H groups in total. The average Bonchev–Trinajstić information content (AvgIpc) is 3.13. The van der Waals surface area contributed by atoms with Gasteiger partial charge in [-0.25, -0.2) is 0 Å². The zero-order valence-corrected chi connectivity index (χ0v) is 19.7. The number of hydrogen-bond acceptors (Lipinski definition) is 7. The molecule has 8 heteroatoms. The summed E-state index contributed by atoms with van der Waals surface area (Å²) in [6.45, 7) is 4.64. The fraction of sp³-hybridized carbons (Fsp3) is 0.231. The number of ether oxygens (including phenoxy) is 2. The Morgan fingerprint density at radius 1 is 1.15 bits per heavy atom. The third kappa shape index (κ3) is 4.36. The second-order valence-electron chi connectivity index (χ2n) is 8.09. The largest absolute Gasteiger partial charge is 0.494 e. The highest BCUT2D eigenvalue weighted by Crippen LogP contribution is 2.29. The molecule has 172 valence electrons. The number of benzene rings is 2. The van der Waals surface area contributed by atoms with E-state index >= 15 is 0 Å². The van der Waals surface area contributed by atoms with Crippen molar-refractivity contribution < 1.29 is 9.47 Å². The zero-order chi connectivity index (χ0) is 23.7. The van der Waals surface area contributed by atoms with Crippen LogP contribution in [-0.4, -0.2) is 27.3 Å². The number of thiazole rings is 1. The second kappa shape index (κ2) is 9.23. The minimum atomic E-state index is -0.429. The molecule has 0 bridgehead atoms. The number of para-hydroxylation sites is 1. The van der Waals surface area contributed by atoms with E-state index in [2.05, 4.69) is 10.1 Å². The van der Waals surface area contributed by atoms with Crippen LogP contribution in [0.1, 0.15) is 37.1 Å². The summed E-state index contributed by atoms with van der Waals surface area (Å²) >= 11 is 1.15. The molecular formula is C26H23N3O4S. The maximum atomic E-state index is 13.1. The summed E-state index contributed by atoms with van der Waals surface area (Å²) in [7, 11) is 0. The van der Waals surface area contributed by atoms with E-state index in [0.717, 1.165) is 46.0 Å². The van der Waals surface area contributed by atoms with E-state index in [-0.39, 0.29) is 28.7 Å². The van der Waals surface area contributed by atoms with E-state index in [1.807, 2.05) is 68.5 Å². The number of rotatable bonds is 6. The van der Waals surface area contributed by atoms with E-state index in [4.69, 9.17) is 9.47 Å². The van der Waals surface area contributed by atoms with Crippen LogP contribution in [0.25, 0.3) is 17.1 Å². The van der Waals surface area contributed by atoms with Gasteiger partial charge >= 0.3 is 0 Å². The van der Waals surface area contributed by atoms with Gasteiger partial charge in [-0.05, 0) is 54.8 Å². The van der Waals surface area contributed by atoms with Gasteiger partial charge in [0.15, 0.2) is 0 Å². The third-order valence-corrected chi connectivity index (χ3v) is 6.49. The lowest BCUT2D eigenvalue weighted by Gasteiger charge is -2.22. The molecule has 0 amide bonds. The van der Waals surface area contributed by atoms with Gasteiger partial charge in [-0.1, -0.05) is 48.6 Å². The molecule has 2 aromatic carbocycles. The molecular weight excluding hydrogens is 450 g/mol. The van der Waals surface area contributed by atoms with Crippen LogP contribution in [0.2, 0.25) is 0 Å². The van der Waals surface area contributed by atoms with Gasteiger partial charge in [0.25, 0.3) is 11.1 Å². The first kappa shape index (κ1) is 22.0. The molecule has 7 nitrogen and oxygen atoms in total. The highest BCUT2D eigenvalue weighted by Gasteiger charge is 2.18. The SMILES string of the molecule is CCCOc1ccc(Cc2nn3c(=O)/c(=C\C4=Cc5ccccc5O[C@H]4C)sc3nc2=O)cc1. The van der Waals surface area contributed by atoms with Crippen molar-refractivity contribution in [2.75, 3.05) is 6.61 Å². The van der Waals surface area contributed by atoms with Gasteiger partial charge < -0.3 is 9.47 Å². The van der Waals surface area contributed by atoms with Gasteiger partial charge in [0.1, 0.15) is 23.3 Å². The Labute approximate surface area is 199 Å². The fourth-order valence-corrected chi connectivity index (χ4v) is 4.65. The predicted octanol–water partition coefficient (Wildman–Crippen LogP) is 3.25. The third-order valence-electron chi connectivity index (χ3n) is 5.53. The van der Waals surface area contributed by atoms with Gasteiger partial charge in [-0.3, -0.25) is 9.59 Å². The molecule has 2 aromatic heterocycles. The van der Waals surface area contributed by atoms with Crippen molar-refractivity contribution in [3.63, 3.8) is 0 Å². The van der Waals surface area contributed by atoms with Gasteiger partial charge in [-0.2, -0.15) is 14.6 Å². The summed E-state index contributed by atoms with van der Waals surface area (Å²) in [5.74, 6) is 1.59. The molecule has 1 aliphatic heterocycles. The molecule has 0 fully saturated rings. The van der Waals surface area contributed by atoms with Crippen molar-refractivity contribution in [1.82, 2.24) is 14.6 Å². The Bertz CT molecular complexity index is 1550. The van der Waals surface area contributed by atoms with Gasteiger partial charge in [0.05, 0.1) is 11.1 Å². The summed E-state index contributed by atoms with van der Waals surface area (Å²) in [4.78, 5) is 30.1. The molecule has 34 heavy (non-hydrogen) atoms. The molecule has 0 saturated heterocycles. The monoisotopic (exact) mass is 473 g/mol. The molecule has 4 aromatic rings. The Morgan fingerprint density at radius 3 is 2.74 bits per heavy atom. The first-order valence-corrected chi connectivity index (χ1v) is 12.0. The molecule has 0 aliphatic carbocycles. The van der Waals surface area contributed by atoms with Crippen molar-refractivity contribution in [3.8, 4) is 11.5 Å². The number of nitrogens with zero attached hydrogens (tertiary/aromatic N) is 3. The van der Waals surface area contributed by atoms with Crippen LogP contribution >= 0.6 is 11.3 Å². The lowest BCUT2D eigenvalue weighted by atomic mass is 10.0. The highest BCUT2D eigenvalue weighted by atomic mass is 32.1. The fourth-order valence-electron chi connectivity index (χ4n) is 3.74. The Balaban J connectivity index is 1.48. The summed E-state index contributed by atoms with van der Waals surface area (Å²) < 4.78 is 13.2. The second-order valence-corrected chi connectivity index (χ2v) is 9.09. The van der Waals surface area contributed by atoms with Crippen LogP contribution in [0.5, 0.6) is 11.5 Å². The minimum absolute atomic E-state index is 0.208. The van der Waals surface area contributed by atoms with Crippen LogP contribution in [0.4, 0.5) is 0 Å². The Hall–Kier alpha value is -3.78.